The summed E-state index contributed by atoms with van der Waals surface area (Å²) in [6, 6.07) is 7.35. The van der Waals surface area contributed by atoms with Crippen molar-refractivity contribution >= 4 is 5.91 Å². The fourth-order valence-corrected chi connectivity index (χ4v) is 3.00. The molecule has 1 N–H and O–H groups in total. The van der Waals surface area contributed by atoms with Crippen LogP contribution in [0.4, 0.5) is 0 Å². The first-order chi connectivity index (χ1) is 16.3. The molecule has 192 valence electrons. The summed E-state index contributed by atoms with van der Waals surface area (Å²) >= 11 is 0. The normalized spacial score (nSPS) is 14.1. The van der Waals surface area contributed by atoms with Gasteiger partial charge in [0.15, 0.2) is 0 Å². The monoisotopic (exact) mass is 710 g/mol. The maximum absolute atomic E-state index is 11.9. The van der Waals surface area contributed by atoms with Gasteiger partial charge < -0.3 is 29.6 Å². The Bertz CT molecular complexity index is 911. The fourth-order valence-electron chi connectivity index (χ4n) is 3.00. The number of methoxy groups -OCH3 is 1. The van der Waals surface area contributed by atoms with Crippen LogP contribution in [0.25, 0.3) is 5.48 Å². The maximum atomic E-state index is 11.9. The number of ether oxygens (including phenoxy) is 1. The molecule has 2 aromatic rings. The first-order valence-corrected chi connectivity index (χ1v) is 11.5. The molecule has 1 aromatic carbocycles. The van der Waals surface area contributed by atoms with Gasteiger partial charge in [0.05, 0.1) is 31.9 Å². The van der Waals surface area contributed by atoms with Crippen LogP contribution >= 0.6 is 0 Å². The number of β-amino-alcohol motifs (C(OH)–C–C–N with tert-alkyl or cyclic N) is 1. The van der Waals surface area contributed by atoms with Gasteiger partial charge in [-0.15, -0.1) is 13.5 Å². The minimum absolute atomic E-state index is 0. The molecule has 3 rings (SSSR count). The van der Waals surface area contributed by atoms with Gasteiger partial charge in [0.2, 0.25) is 5.91 Å². The van der Waals surface area contributed by atoms with E-state index in [0.717, 1.165) is 22.6 Å². The van der Waals surface area contributed by atoms with E-state index in [-0.39, 0.29) is 49.5 Å². The van der Waals surface area contributed by atoms with Crippen molar-refractivity contribution in [2.24, 2.45) is 0 Å². The molecule has 0 aliphatic carbocycles. The van der Waals surface area contributed by atoms with E-state index in [1.807, 2.05) is 32.0 Å². The second kappa shape index (κ2) is 18.5. The molecule has 9 heteroatoms. The molecule has 1 unspecified atom stereocenters. The molecular weight excluding hydrogens is 672 g/mol. The Morgan fingerprint density at radius 1 is 1.37 bits per heavy atom. The van der Waals surface area contributed by atoms with E-state index in [4.69, 9.17) is 20.5 Å². The third-order valence-corrected chi connectivity index (χ3v) is 4.81. The number of hydrogen-bond donors (Lipinski definition) is 1. The van der Waals surface area contributed by atoms with Crippen molar-refractivity contribution in [2.45, 2.75) is 65.6 Å². The zero-order chi connectivity index (χ0) is 25.5. The maximum Gasteiger partial charge on any atom is 0.230 e. The summed E-state index contributed by atoms with van der Waals surface area (Å²) in [5.74, 6) is 4.16. The van der Waals surface area contributed by atoms with Crippen LogP contribution < -0.4 is 4.74 Å². The quantitative estimate of drug-likeness (QED) is 0.337. The minimum atomic E-state index is -0.375. The fraction of sp³-hybridized carbons (Fsp3) is 0.538. The first-order valence-electron chi connectivity index (χ1n) is 11.5. The molecule has 1 atom stereocenters. The molecule has 0 radical (unpaired) electrons. The predicted octanol–water partition coefficient (Wildman–Crippen LogP) is 4.46. The minimum Gasteiger partial charge on any atom is -0.537 e. The largest absolute Gasteiger partial charge is 0.537 e. The molecule has 0 bridgehead atoms. The number of aliphatic hydroxyl groups is 1. The molecule has 2 heterocycles. The Balaban J connectivity index is 0.000000588. The van der Waals surface area contributed by atoms with Gasteiger partial charge in [0.25, 0.3) is 0 Å². The SMILES string of the molecule is C#Cc1ccc(CO[N-]C)c(OC)c1.CC(C)c1cc(CC(=O)N2CCC(O)C2)on1.CCC.[U]. The standard InChI is InChI=1S/C12H18N2O3.C11H12NO2.C3H8.U/c1-8(2)11-5-10(17-13-11)6-12(16)14-4-3-9(15)7-14;1-4-9-5-6-10(8-14-12-2)11(7-9)13-3;1-3-2;/h5,8-9,15H,3-4,6-7H2,1-2H3;1,5-7H,8H2,2-3H3;3H2,1-2H3;/q;-1;;. The Hall–Kier alpha value is -1.81. The molecule has 1 amide bonds. The summed E-state index contributed by atoms with van der Waals surface area (Å²) in [7, 11) is 3.19. The molecule has 1 saturated heterocycles. The summed E-state index contributed by atoms with van der Waals surface area (Å²) in [5, 5.41) is 13.3. The van der Waals surface area contributed by atoms with Crippen molar-refractivity contribution in [1.82, 2.24) is 10.1 Å². The van der Waals surface area contributed by atoms with Crippen molar-refractivity contribution in [3.05, 3.63) is 52.3 Å². The van der Waals surface area contributed by atoms with Gasteiger partial charge >= 0.3 is 0 Å². The third kappa shape index (κ3) is 12.1. The van der Waals surface area contributed by atoms with Crippen LogP contribution in [0.15, 0.2) is 28.8 Å². The number of likely N-dealkylation sites (tertiary alicyclic amines) is 1. The van der Waals surface area contributed by atoms with Crippen LogP contribution in [0.1, 0.15) is 69.0 Å². The second-order valence-corrected chi connectivity index (χ2v) is 8.17. The molecule has 1 fully saturated rings. The number of carbonyl (C=O) groups excluding carboxylic acids is 1. The predicted molar refractivity (Wildman–Crippen MR) is 132 cm³/mol. The van der Waals surface area contributed by atoms with E-state index in [1.54, 1.807) is 25.1 Å². The molecular formula is C26H38N3O5U-. The third-order valence-electron chi connectivity index (χ3n) is 4.81. The molecule has 1 aromatic heterocycles. The van der Waals surface area contributed by atoms with E-state index in [1.165, 1.54) is 6.42 Å². The molecule has 0 spiro atoms. The number of aromatic nitrogens is 1. The van der Waals surface area contributed by atoms with Gasteiger partial charge in [-0.05, 0) is 24.5 Å². The molecule has 0 saturated carbocycles. The number of rotatable bonds is 7. The topological polar surface area (TPSA) is 99.1 Å². The van der Waals surface area contributed by atoms with Crippen molar-refractivity contribution in [2.75, 3.05) is 27.2 Å². The first kappa shape index (κ1) is 33.2. The number of carbonyl (C=O) groups is 1. The Morgan fingerprint density at radius 3 is 2.54 bits per heavy atom. The summed E-state index contributed by atoms with van der Waals surface area (Å²) in [6.45, 7) is 9.76. The van der Waals surface area contributed by atoms with E-state index in [2.05, 4.69) is 30.4 Å². The summed E-state index contributed by atoms with van der Waals surface area (Å²) < 4.78 is 10.3. The zero-order valence-electron chi connectivity index (χ0n) is 21.7. The second-order valence-electron chi connectivity index (χ2n) is 8.17. The van der Waals surface area contributed by atoms with Gasteiger partial charge in [0.1, 0.15) is 11.5 Å². The van der Waals surface area contributed by atoms with E-state index in [9.17, 15) is 9.90 Å². The van der Waals surface area contributed by atoms with Gasteiger partial charge in [-0.1, -0.05) is 51.3 Å². The Morgan fingerprint density at radius 2 is 2.06 bits per heavy atom. The van der Waals surface area contributed by atoms with E-state index < -0.39 is 0 Å². The van der Waals surface area contributed by atoms with Crippen molar-refractivity contribution in [3.8, 4) is 18.1 Å². The van der Waals surface area contributed by atoms with Crippen LogP contribution in [0.3, 0.4) is 0 Å². The van der Waals surface area contributed by atoms with Crippen molar-refractivity contribution in [1.29, 1.82) is 0 Å². The number of nitrogens with zero attached hydrogens (tertiary/aromatic N) is 3. The van der Waals surface area contributed by atoms with Crippen LogP contribution in [0, 0.1) is 43.5 Å². The number of hydrogen-bond acceptors (Lipinski definition) is 6. The van der Waals surface area contributed by atoms with Gasteiger partial charge in [-0.25, -0.2) is 0 Å². The zero-order valence-corrected chi connectivity index (χ0v) is 25.9. The summed E-state index contributed by atoms with van der Waals surface area (Å²) in [6.07, 6.45) is 7.04. The van der Waals surface area contributed by atoms with Crippen LogP contribution in [-0.4, -0.2) is 54.4 Å². The summed E-state index contributed by atoms with van der Waals surface area (Å²) in [4.78, 5) is 18.5. The van der Waals surface area contributed by atoms with Gasteiger partial charge in [-0.2, -0.15) is 0 Å². The average Bonchev–Trinajstić information content (AvgIpc) is 3.48. The average molecular weight is 711 g/mol. The van der Waals surface area contributed by atoms with E-state index in [0.29, 0.717) is 37.8 Å². The van der Waals surface area contributed by atoms with E-state index >= 15 is 0 Å². The molecule has 8 nitrogen and oxygen atoms in total. The van der Waals surface area contributed by atoms with Gasteiger partial charge in [-0.3, -0.25) is 4.79 Å². The molecule has 1 aliphatic heterocycles. The van der Waals surface area contributed by atoms with Crippen LogP contribution in [0.2, 0.25) is 0 Å². The number of benzene rings is 1. The van der Waals surface area contributed by atoms with Gasteiger partial charge in [0, 0.05) is 61.4 Å². The Labute approximate surface area is 233 Å². The smallest absolute Gasteiger partial charge is 0.230 e. The van der Waals surface area contributed by atoms with Crippen LogP contribution in [0.5, 0.6) is 5.75 Å². The van der Waals surface area contributed by atoms with Crippen molar-refractivity contribution in [3.63, 3.8) is 0 Å². The van der Waals surface area contributed by atoms with Crippen LogP contribution in [-0.2, 0) is 22.7 Å². The Kier molecular flexibility index (Phi) is 17.5. The summed E-state index contributed by atoms with van der Waals surface area (Å²) in [5.41, 5.74) is 6.14. The van der Waals surface area contributed by atoms with Crippen molar-refractivity contribution < 1.29 is 55.1 Å². The number of terminal acetylenes is 1. The number of amides is 1. The number of aliphatic hydroxyl groups excluding tert-OH is 1. The molecule has 1 aliphatic rings. The molecule has 35 heavy (non-hydrogen) atoms. The number of hydroxylamine groups is 1.